The van der Waals surface area contributed by atoms with Gasteiger partial charge in [0.1, 0.15) is 5.75 Å². The number of benzene rings is 1. The lowest BCUT2D eigenvalue weighted by Gasteiger charge is -2.20. The van der Waals surface area contributed by atoms with Crippen LogP contribution in [0.3, 0.4) is 0 Å². The van der Waals surface area contributed by atoms with Crippen molar-refractivity contribution >= 4 is 15.9 Å². The number of nitrogens with zero attached hydrogens (tertiary/aromatic N) is 1. The van der Waals surface area contributed by atoms with Gasteiger partial charge in [0.25, 0.3) is 0 Å². The van der Waals surface area contributed by atoms with Crippen molar-refractivity contribution in [2.24, 2.45) is 0 Å². The van der Waals surface area contributed by atoms with Gasteiger partial charge in [0.15, 0.2) is 0 Å². The predicted molar refractivity (Wildman–Crippen MR) is 91.0 cm³/mol. The van der Waals surface area contributed by atoms with E-state index in [0.717, 1.165) is 17.6 Å². The Morgan fingerprint density at radius 3 is 2.48 bits per heavy atom. The molecule has 1 rings (SSSR count). The van der Waals surface area contributed by atoms with Crippen LogP contribution >= 0.6 is 0 Å². The summed E-state index contributed by atoms with van der Waals surface area (Å²) < 4.78 is 30.4. The Kier molecular flexibility index (Phi) is 7.51. The molecule has 0 aliphatic carbocycles. The Morgan fingerprint density at radius 1 is 1.26 bits per heavy atom. The number of carbonyl (C=O) groups excluding carboxylic acids is 1. The van der Waals surface area contributed by atoms with E-state index < -0.39 is 10.0 Å². The number of amides is 1. The molecule has 7 heteroatoms. The van der Waals surface area contributed by atoms with E-state index in [4.69, 9.17) is 4.74 Å². The van der Waals surface area contributed by atoms with Crippen molar-refractivity contribution in [2.45, 2.75) is 32.7 Å². The minimum atomic E-state index is -3.37. The van der Waals surface area contributed by atoms with Crippen LogP contribution in [0.15, 0.2) is 24.3 Å². The molecule has 0 heterocycles. The Balaban J connectivity index is 2.67. The molecule has 0 spiro atoms. The zero-order chi connectivity index (χ0) is 17.5. The van der Waals surface area contributed by atoms with Crippen molar-refractivity contribution in [3.63, 3.8) is 0 Å². The Bertz CT molecular complexity index is 614. The van der Waals surface area contributed by atoms with Crippen LogP contribution in [0.2, 0.25) is 0 Å². The topological polar surface area (TPSA) is 75.7 Å². The van der Waals surface area contributed by atoms with Gasteiger partial charge in [-0.1, -0.05) is 18.2 Å². The van der Waals surface area contributed by atoms with Gasteiger partial charge >= 0.3 is 0 Å². The van der Waals surface area contributed by atoms with Crippen LogP contribution in [0.5, 0.6) is 5.75 Å². The Hall–Kier alpha value is -1.60. The summed E-state index contributed by atoms with van der Waals surface area (Å²) in [5.74, 6) is 0.587. The number of methoxy groups -OCH3 is 1. The number of sulfonamides is 1. The van der Waals surface area contributed by atoms with Crippen molar-refractivity contribution < 1.29 is 17.9 Å². The van der Waals surface area contributed by atoms with Crippen molar-refractivity contribution in [3.8, 4) is 5.75 Å². The molecule has 0 saturated heterocycles. The van der Waals surface area contributed by atoms with Gasteiger partial charge in [-0.2, -0.15) is 0 Å². The third-order valence-corrected chi connectivity index (χ3v) is 4.63. The summed E-state index contributed by atoms with van der Waals surface area (Å²) in [6.07, 6.45) is 1.84. The van der Waals surface area contributed by atoms with Crippen LogP contribution in [-0.2, 0) is 21.2 Å². The fraction of sp³-hybridized carbons (Fsp3) is 0.562. The summed E-state index contributed by atoms with van der Waals surface area (Å²) in [4.78, 5) is 11.7. The number of rotatable bonds is 9. The molecule has 0 aromatic heterocycles. The largest absolute Gasteiger partial charge is 0.496 e. The molecule has 0 saturated carbocycles. The van der Waals surface area contributed by atoms with E-state index in [2.05, 4.69) is 5.32 Å². The van der Waals surface area contributed by atoms with Crippen LogP contribution in [0, 0.1) is 0 Å². The van der Waals surface area contributed by atoms with E-state index in [1.807, 2.05) is 38.1 Å². The standard InChI is InChI=1S/C16H26N2O4S/c1-13(2)17-16(19)10-12-18(23(4,20)21)11-9-14-7-5-6-8-15(14)22-3/h5-8,13H,9-12H2,1-4H3,(H,17,19). The molecule has 0 fully saturated rings. The number of nitrogens with one attached hydrogen (secondary N) is 1. The highest BCUT2D eigenvalue weighted by atomic mass is 32.2. The van der Waals surface area contributed by atoms with E-state index in [1.54, 1.807) is 7.11 Å². The van der Waals surface area contributed by atoms with Crippen LogP contribution < -0.4 is 10.1 Å². The molecule has 1 aromatic carbocycles. The second-order valence-electron chi connectivity index (χ2n) is 5.70. The van der Waals surface area contributed by atoms with Crippen LogP contribution in [-0.4, -0.2) is 51.1 Å². The zero-order valence-corrected chi connectivity index (χ0v) is 15.0. The van der Waals surface area contributed by atoms with E-state index >= 15 is 0 Å². The van der Waals surface area contributed by atoms with Crippen LogP contribution in [0.4, 0.5) is 0 Å². The first-order chi connectivity index (χ1) is 10.7. The van der Waals surface area contributed by atoms with Gasteiger partial charge in [0.05, 0.1) is 13.4 Å². The number of ether oxygens (including phenoxy) is 1. The molecule has 0 radical (unpaired) electrons. The molecule has 6 nitrogen and oxygen atoms in total. The average molecular weight is 342 g/mol. The summed E-state index contributed by atoms with van der Waals surface area (Å²) >= 11 is 0. The monoisotopic (exact) mass is 342 g/mol. The Labute approximate surface area is 138 Å². The number of hydrogen-bond acceptors (Lipinski definition) is 4. The molecular formula is C16H26N2O4S. The minimum Gasteiger partial charge on any atom is -0.496 e. The van der Waals surface area contributed by atoms with E-state index in [-0.39, 0.29) is 24.9 Å². The lowest BCUT2D eigenvalue weighted by Crippen LogP contribution is -2.37. The first kappa shape index (κ1) is 19.4. The van der Waals surface area contributed by atoms with Crippen LogP contribution in [0.1, 0.15) is 25.8 Å². The highest BCUT2D eigenvalue weighted by Gasteiger charge is 2.18. The lowest BCUT2D eigenvalue weighted by atomic mass is 10.1. The van der Waals surface area contributed by atoms with Gasteiger partial charge in [-0.25, -0.2) is 12.7 Å². The summed E-state index contributed by atoms with van der Waals surface area (Å²) in [5.41, 5.74) is 0.940. The van der Waals surface area contributed by atoms with E-state index in [1.165, 1.54) is 4.31 Å². The summed E-state index contributed by atoms with van der Waals surface area (Å²) in [6, 6.07) is 7.55. The molecule has 0 bridgehead atoms. The quantitative estimate of drug-likeness (QED) is 0.736. The number of carbonyl (C=O) groups is 1. The number of para-hydroxylation sites is 1. The molecule has 0 aliphatic heterocycles. The van der Waals surface area contributed by atoms with Crippen LogP contribution in [0.25, 0.3) is 0 Å². The molecule has 1 aromatic rings. The smallest absolute Gasteiger partial charge is 0.221 e. The summed E-state index contributed by atoms with van der Waals surface area (Å²) in [5, 5.41) is 2.76. The van der Waals surface area contributed by atoms with E-state index in [9.17, 15) is 13.2 Å². The second-order valence-corrected chi connectivity index (χ2v) is 7.68. The second kappa shape index (κ2) is 8.88. The van der Waals surface area contributed by atoms with Crippen molar-refractivity contribution in [1.82, 2.24) is 9.62 Å². The van der Waals surface area contributed by atoms with Crippen molar-refractivity contribution in [3.05, 3.63) is 29.8 Å². The molecular weight excluding hydrogens is 316 g/mol. The van der Waals surface area contributed by atoms with Gasteiger partial charge in [0, 0.05) is 25.6 Å². The Morgan fingerprint density at radius 2 is 1.91 bits per heavy atom. The average Bonchev–Trinajstić information content (AvgIpc) is 2.45. The molecule has 0 aliphatic rings. The van der Waals surface area contributed by atoms with Crippen molar-refractivity contribution in [2.75, 3.05) is 26.5 Å². The molecule has 0 atom stereocenters. The van der Waals surface area contributed by atoms with Gasteiger partial charge in [0.2, 0.25) is 15.9 Å². The maximum absolute atomic E-state index is 11.9. The van der Waals surface area contributed by atoms with Gasteiger partial charge in [-0.15, -0.1) is 0 Å². The SMILES string of the molecule is COc1ccccc1CCN(CCC(=O)NC(C)C)S(C)(=O)=O. The lowest BCUT2D eigenvalue weighted by molar-refractivity contribution is -0.121. The fourth-order valence-electron chi connectivity index (χ4n) is 2.22. The molecule has 130 valence electrons. The maximum atomic E-state index is 11.9. The number of hydrogen-bond donors (Lipinski definition) is 1. The normalized spacial score (nSPS) is 11.7. The third-order valence-electron chi connectivity index (χ3n) is 3.33. The predicted octanol–water partition coefficient (Wildman–Crippen LogP) is 1.41. The minimum absolute atomic E-state index is 0.0442. The fourth-order valence-corrected chi connectivity index (χ4v) is 3.06. The molecule has 0 unspecified atom stereocenters. The summed E-state index contributed by atoms with van der Waals surface area (Å²) in [6.45, 7) is 4.22. The highest BCUT2D eigenvalue weighted by Crippen LogP contribution is 2.18. The van der Waals surface area contributed by atoms with Gasteiger partial charge < -0.3 is 10.1 Å². The molecule has 1 N–H and O–H groups in total. The first-order valence-corrected chi connectivity index (χ1v) is 9.45. The maximum Gasteiger partial charge on any atom is 0.221 e. The highest BCUT2D eigenvalue weighted by molar-refractivity contribution is 7.88. The summed E-state index contributed by atoms with van der Waals surface area (Å²) in [7, 11) is -1.78. The van der Waals surface area contributed by atoms with Crippen molar-refractivity contribution in [1.29, 1.82) is 0 Å². The van der Waals surface area contributed by atoms with E-state index in [0.29, 0.717) is 13.0 Å². The molecule has 23 heavy (non-hydrogen) atoms. The van der Waals surface area contributed by atoms with Gasteiger partial charge in [-0.05, 0) is 31.9 Å². The first-order valence-electron chi connectivity index (χ1n) is 7.60. The zero-order valence-electron chi connectivity index (χ0n) is 14.2. The molecule has 1 amide bonds. The third kappa shape index (κ3) is 7.00. The van der Waals surface area contributed by atoms with Gasteiger partial charge in [-0.3, -0.25) is 4.79 Å².